The zero-order valence-corrected chi connectivity index (χ0v) is 15.6. The van der Waals surface area contributed by atoms with E-state index in [1.165, 1.54) is 0 Å². The normalized spacial score (nSPS) is 10.6. The second-order valence-corrected chi connectivity index (χ2v) is 5.69. The first-order chi connectivity index (χ1) is 13.3. The van der Waals surface area contributed by atoms with Gasteiger partial charge in [0.25, 0.3) is 0 Å². The van der Waals surface area contributed by atoms with Crippen LogP contribution < -0.4 is 19.2 Å². The molecule has 0 saturated heterocycles. The molecule has 0 aliphatic heterocycles. The Kier molecular flexibility index (Phi) is 5.94. The van der Waals surface area contributed by atoms with Gasteiger partial charge in [0.1, 0.15) is 0 Å². The lowest BCUT2D eigenvalue weighted by Crippen LogP contribution is -2.09. The first-order valence-corrected chi connectivity index (χ1v) is 8.51. The Morgan fingerprint density at radius 2 is 1.19 bits per heavy atom. The molecule has 138 valence electrons. The predicted molar refractivity (Wildman–Crippen MR) is 109 cm³/mol. The van der Waals surface area contributed by atoms with Crippen molar-refractivity contribution in [3.63, 3.8) is 0 Å². The highest BCUT2D eigenvalue weighted by Gasteiger charge is 2.13. The van der Waals surface area contributed by atoms with Crippen molar-refractivity contribution in [3.05, 3.63) is 78.4 Å². The van der Waals surface area contributed by atoms with Crippen LogP contribution in [0.25, 0.3) is 0 Å². The van der Waals surface area contributed by atoms with Crippen LogP contribution in [0.3, 0.4) is 0 Å². The van der Waals surface area contributed by atoms with Crippen molar-refractivity contribution >= 4 is 17.6 Å². The Balaban J connectivity index is 2.00. The van der Waals surface area contributed by atoms with E-state index >= 15 is 0 Å². The smallest absolute Gasteiger partial charge is 0.203 e. The second kappa shape index (κ2) is 8.76. The van der Waals surface area contributed by atoms with Gasteiger partial charge < -0.3 is 14.2 Å². The fraction of sp³-hybridized carbons (Fsp3) is 0.136. The number of anilines is 2. The molecular formula is C22H22N2O3. The molecule has 0 heterocycles. The van der Waals surface area contributed by atoms with Gasteiger partial charge >= 0.3 is 0 Å². The van der Waals surface area contributed by atoms with Crippen LogP contribution in [0.4, 0.5) is 11.4 Å². The highest BCUT2D eigenvalue weighted by Crippen LogP contribution is 2.38. The number of hydrazone groups is 1. The van der Waals surface area contributed by atoms with E-state index in [0.717, 1.165) is 16.9 Å². The number of nitrogens with zero attached hydrogens (tertiary/aromatic N) is 2. The number of benzene rings is 3. The minimum Gasteiger partial charge on any atom is -0.493 e. The maximum Gasteiger partial charge on any atom is 0.203 e. The number of ether oxygens (including phenoxy) is 3. The third-order valence-electron chi connectivity index (χ3n) is 4.01. The lowest BCUT2D eigenvalue weighted by molar-refractivity contribution is 0.324. The highest BCUT2D eigenvalue weighted by molar-refractivity contribution is 5.84. The van der Waals surface area contributed by atoms with Crippen molar-refractivity contribution in [1.29, 1.82) is 0 Å². The minimum atomic E-state index is 0.556. The van der Waals surface area contributed by atoms with Gasteiger partial charge in [-0.15, -0.1) is 0 Å². The van der Waals surface area contributed by atoms with Crippen molar-refractivity contribution in [2.45, 2.75) is 0 Å². The molecule has 0 fully saturated rings. The Morgan fingerprint density at radius 1 is 0.704 bits per heavy atom. The molecule has 0 aliphatic carbocycles. The molecule has 5 nitrogen and oxygen atoms in total. The van der Waals surface area contributed by atoms with Crippen molar-refractivity contribution in [2.75, 3.05) is 26.3 Å². The Morgan fingerprint density at radius 3 is 1.59 bits per heavy atom. The van der Waals surface area contributed by atoms with E-state index in [1.54, 1.807) is 27.5 Å². The van der Waals surface area contributed by atoms with Gasteiger partial charge in [-0.25, -0.2) is 5.01 Å². The number of hydrogen-bond acceptors (Lipinski definition) is 5. The average molecular weight is 362 g/mol. The first kappa shape index (κ1) is 18.3. The van der Waals surface area contributed by atoms with E-state index in [9.17, 15) is 0 Å². The molecule has 0 aromatic heterocycles. The minimum absolute atomic E-state index is 0.556. The van der Waals surface area contributed by atoms with Gasteiger partial charge in [0.2, 0.25) is 5.75 Å². The van der Waals surface area contributed by atoms with Crippen LogP contribution in [0.1, 0.15) is 5.56 Å². The Hall–Kier alpha value is -3.47. The van der Waals surface area contributed by atoms with Gasteiger partial charge in [-0.1, -0.05) is 36.4 Å². The van der Waals surface area contributed by atoms with Gasteiger partial charge in [0.05, 0.1) is 38.9 Å². The molecule has 27 heavy (non-hydrogen) atoms. The summed E-state index contributed by atoms with van der Waals surface area (Å²) in [6.07, 6.45) is 1.77. The van der Waals surface area contributed by atoms with Gasteiger partial charge in [-0.2, -0.15) is 5.10 Å². The SMILES string of the molecule is COc1cc(C=NN(c2ccccc2)c2ccccc2)cc(OC)c1OC. The summed E-state index contributed by atoms with van der Waals surface area (Å²) < 4.78 is 16.2. The van der Waals surface area contributed by atoms with Crippen LogP contribution in [0, 0.1) is 0 Å². The van der Waals surface area contributed by atoms with Crippen LogP contribution in [-0.4, -0.2) is 27.5 Å². The van der Waals surface area contributed by atoms with Crippen molar-refractivity contribution in [2.24, 2.45) is 5.10 Å². The van der Waals surface area contributed by atoms with E-state index in [1.807, 2.05) is 77.8 Å². The fourth-order valence-corrected chi connectivity index (χ4v) is 2.72. The largest absolute Gasteiger partial charge is 0.493 e. The summed E-state index contributed by atoms with van der Waals surface area (Å²) in [5, 5.41) is 6.58. The van der Waals surface area contributed by atoms with Crippen LogP contribution in [0.2, 0.25) is 0 Å². The summed E-state index contributed by atoms with van der Waals surface area (Å²) in [5.41, 5.74) is 2.76. The molecule has 3 aromatic rings. The van der Waals surface area contributed by atoms with Crippen LogP contribution in [0.5, 0.6) is 17.2 Å². The average Bonchev–Trinajstić information content (AvgIpc) is 2.74. The molecule has 3 rings (SSSR count). The van der Waals surface area contributed by atoms with E-state index in [4.69, 9.17) is 19.3 Å². The number of rotatable bonds is 7. The Labute approximate surface area is 159 Å². The molecule has 0 N–H and O–H groups in total. The monoisotopic (exact) mass is 362 g/mol. The van der Waals surface area contributed by atoms with E-state index in [0.29, 0.717) is 17.2 Å². The summed E-state index contributed by atoms with van der Waals surface area (Å²) in [7, 11) is 4.78. The third-order valence-corrected chi connectivity index (χ3v) is 4.01. The second-order valence-electron chi connectivity index (χ2n) is 5.69. The molecule has 0 bridgehead atoms. The van der Waals surface area contributed by atoms with Crippen molar-refractivity contribution in [1.82, 2.24) is 0 Å². The third kappa shape index (κ3) is 4.20. The molecule has 0 saturated carbocycles. The standard InChI is InChI=1S/C22H22N2O3/c1-25-20-14-17(15-21(26-2)22(20)27-3)16-23-24(18-10-6-4-7-11-18)19-12-8-5-9-13-19/h4-16H,1-3H3. The maximum atomic E-state index is 5.42. The summed E-state index contributed by atoms with van der Waals surface area (Å²) in [6.45, 7) is 0. The van der Waals surface area contributed by atoms with Crippen LogP contribution in [0.15, 0.2) is 77.9 Å². The molecule has 0 unspecified atom stereocenters. The molecule has 0 aliphatic rings. The highest BCUT2D eigenvalue weighted by atomic mass is 16.5. The lowest BCUT2D eigenvalue weighted by atomic mass is 10.2. The molecule has 0 spiro atoms. The molecule has 5 heteroatoms. The maximum absolute atomic E-state index is 5.42. The van der Waals surface area contributed by atoms with Crippen LogP contribution >= 0.6 is 0 Å². The number of para-hydroxylation sites is 2. The first-order valence-electron chi connectivity index (χ1n) is 8.51. The quantitative estimate of drug-likeness (QED) is 0.444. The number of hydrogen-bond donors (Lipinski definition) is 0. The lowest BCUT2D eigenvalue weighted by Gasteiger charge is -2.19. The van der Waals surface area contributed by atoms with E-state index in [2.05, 4.69) is 0 Å². The molecule has 0 radical (unpaired) electrons. The zero-order chi connectivity index (χ0) is 19.1. The van der Waals surface area contributed by atoms with Crippen molar-refractivity contribution in [3.8, 4) is 17.2 Å². The fourth-order valence-electron chi connectivity index (χ4n) is 2.72. The van der Waals surface area contributed by atoms with E-state index < -0.39 is 0 Å². The topological polar surface area (TPSA) is 43.3 Å². The molecule has 0 amide bonds. The van der Waals surface area contributed by atoms with E-state index in [-0.39, 0.29) is 0 Å². The summed E-state index contributed by atoms with van der Waals surface area (Å²) >= 11 is 0. The van der Waals surface area contributed by atoms with Gasteiger partial charge in [-0.3, -0.25) is 0 Å². The van der Waals surface area contributed by atoms with Crippen molar-refractivity contribution < 1.29 is 14.2 Å². The summed E-state index contributed by atoms with van der Waals surface area (Å²) in [6, 6.07) is 23.7. The molecular weight excluding hydrogens is 340 g/mol. The number of methoxy groups -OCH3 is 3. The van der Waals surface area contributed by atoms with Gasteiger partial charge in [0.15, 0.2) is 11.5 Å². The predicted octanol–water partition coefficient (Wildman–Crippen LogP) is 4.88. The molecule has 0 atom stereocenters. The van der Waals surface area contributed by atoms with Gasteiger partial charge in [0, 0.05) is 5.56 Å². The molecule has 3 aromatic carbocycles. The van der Waals surface area contributed by atoms with Crippen LogP contribution in [-0.2, 0) is 0 Å². The zero-order valence-electron chi connectivity index (χ0n) is 15.6. The Bertz CT molecular complexity index is 831. The summed E-state index contributed by atoms with van der Waals surface area (Å²) in [4.78, 5) is 0. The summed E-state index contributed by atoms with van der Waals surface area (Å²) in [5.74, 6) is 1.73. The van der Waals surface area contributed by atoms with Gasteiger partial charge in [-0.05, 0) is 36.4 Å².